The van der Waals surface area contributed by atoms with Crippen LogP contribution in [0.5, 0.6) is 0 Å². The molecule has 0 saturated heterocycles. The molecular weight excluding hydrogens is 324 g/mol. The Morgan fingerprint density at radius 1 is 1.04 bits per heavy atom. The maximum Gasteiger partial charge on any atom is 0.274 e. The predicted octanol–water partition coefficient (Wildman–Crippen LogP) is 3.51. The molecule has 0 aliphatic rings. The van der Waals surface area contributed by atoms with Crippen LogP contribution in [-0.2, 0) is 0 Å². The number of hydrogen-bond donors (Lipinski definition) is 3. The molecule has 0 spiro atoms. The Morgan fingerprint density at radius 2 is 1.83 bits per heavy atom. The van der Waals surface area contributed by atoms with Crippen molar-refractivity contribution in [1.29, 1.82) is 0 Å². The molecule has 3 rings (SSSR count). The van der Waals surface area contributed by atoms with Crippen molar-refractivity contribution in [2.24, 2.45) is 0 Å². The predicted molar refractivity (Wildman–Crippen MR) is 93.4 cm³/mol. The molecule has 1 heterocycles. The molecule has 122 valence electrons. The summed E-state index contributed by atoms with van der Waals surface area (Å²) in [6, 6.07) is 16.2. The zero-order valence-electron chi connectivity index (χ0n) is 12.9. The van der Waals surface area contributed by atoms with Gasteiger partial charge in [-0.2, -0.15) is 0 Å². The standard InChI is InChI=1S/C18H16N2O3S/c1-11(12-6-4-7-14(9-12)17(21)20-23)19-18(22)16-10-13-5-2-3-8-15(13)24-16/h2-11,23H,1H3,(H,19,22)(H,20,21)/t11-/m0/s1. The third-order valence-electron chi connectivity index (χ3n) is 3.75. The largest absolute Gasteiger partial charge is 0.345 e. The fourth-order valence-corrected chi connectivity index (χ4v) is 3.42. The minimum absolute atomic E-state index is 0.152. The van der Waals surface area contributed by atoms with Gasteiger partial charge in [0.05, 0.1) is 10.9 Å². The smallest absolute Gasteiger partial charge is 0.274 e. The zero-order valence-corrected chi connectivity index (χ0v) is 13.8. The summed E-state index contributed by atoms with van der Waals surface area (Å²) in [5, 5.41) is 12.7. The normalized spacial score (nSPS) is 11.9. The molecule has 2 aromatic carbocycles. The van der Waals surface area contributed by atoms with E-state index < -0.39 is 5.91 Å². The second kappa shape index (κ2) is 6.82. The highest BCUT2D eigenvalue weighted by molar-refractivity contribution is 7.20. The minimum atomic E-state index is -0.583. The molecule has 0 bridgehead atoms. The van der Waals surface area contributed by atoms with Crippen LogP contribution in [0, 0.1) is 0 Å². The van der Waals surface area contributed by atoms with Crippen LogP contribution < -0.4 is 10.8 Å². The molecular formula is C18H16N2O3S. The lowest BCUT2D eigenvalue weighted by atomic mass is 10.0. The monoisotopic (exact) mass is 340 g/mol. The van der Waals surface area contributed by atoms with Gasteiger partial charge < -0.3 is 5.32 Å². The molecule has 0 saturated carbocycles. The number of nitrogens with one attached hydrogen (secondary N) is 2. The van der Waals surface area contributed by atoms with E-state index in [9.17, 15) is 9.59 Å². The van der Waals surface area contributed by atoms with Gasteiger partial charge in [0.15, 0.2) is 0 Å². The summed E-state index contributed by atoms with van der Waals surface area (Å²) < 4.78 is 1.07. The first-order valence-corrected chi connectivity index (χ1v) is 8.24. The number of hydroxylamine groups is 1. The van der Waals surface area contributed by atoms with Crippen molar-refractivity contribution in [3.8, 4) is 0 Å². The first-order valence-electron chi connectivity index (χ1n) is 7.42. The van der Waals surface area contributed by atoms with E-state index >= 15 is 0 Å². The van der Waals surface area contributed by atoms with E-state index in [0.29, 0.717) is 10.4 Å². The maximum absolute atomic E-state index is 12.5. The number of thiophene rings is 1. The summed E-state index contributed by atoms with van der Waals surface area (Å²) in [5.74, 6) is -0.736. The molecule has 0 fully saturated rings. The zero-order chi connectivity index (χ0) is 17.1. The highest BCUT2D eigenvalue weighted by atomic mass is 32.1. The van der Waals surface area contributed by atoms with Crippen molar-refractivity contribution in [2.75, 3.05) is 0 Å². The molecule has 0 unspecified atom stereocenters. The molecule has 3 aromatic rings. The van der Waals surface area contributed by atoms with Gasteiger partial charge in [0.25, 0.3) is 11.8 Å². The van der Waals surface area contributed by atoms with Crippen LogP contribution in [0.2, 0.25) is 0 Å². The Balaban J connectivity index is 1.77. The number of benzene rings is 2. The molecule has 1 atom stereocenters. The Bertz CT molecular complexity index is 871. The van der Waals surface area contributed by atoms with E-state index in [-0.39, 0.29) is 11.9 Å². The molecule has 0 radical (unpaired) electrons. The first-order chi connectivity index (χ1) is 11.6. The topological polar surface area (TPSA) is 78.4 Å². The lowest BCUT2D eigenvalue weighted by Crippen LogP contribution is -2.26. The fraction of sp³-hybridized carbons (Fsp3) is 0.111. The van der Waals surface area contributed by atoms with Crippen LogP contribution in [0.15, 0.2) is 54.6 Å². The molecule has 24 heavy (non-hydrogen) atoms. The van der Waals surface area contributed by atoms with E-state index in [1.54, 1.807) is 23.7 Å². The molecule has 1 aromatic heterocycles. The van der Waals surface area contributed by atoms with Crippen molar-refractivity contribution in [3.63, 3.8) is 0 Å². The summed E-state index contributed by atoms with van der Waals surface area (Å²) in [5.41, 5.74) is 2.72. The lowest BCUT2D eigenvalue weighted by Gasteiger charge is -2.14. The summed E-state index contributed by atoms with van der Waals surface area (Å²) in [6.45, 7) is 1.85. The van der Waals surface area contributed by atoms with E-state index in [0.717, 1.165) is 15.6 Å². The first kappa shape index (κ1) is 16.2. The number of fused-ring (bicyclic) bond motifs is 1. The molecule has 6 heteroatoms. The Labute approximate surface area is 142 Å². The van der Waals surface area contributed by atoms with E-state index in [4.69, 9.17) is 5.21 Å². The number of amides is 2. The average molecular weight is 340 g/mol. The third-order valence-corrected chi connectivity index (χ3v) is 4.86. The van der Waals surface area contributed by atoms with Gasteiger partial charge in [-0.25, -0.2) is 5.48 Å². The number of hydrogen-bond acceptors (Lipinski definition) is 4. The second-order valence-corrected chi connectivity index (χ2v) is 6.49. The fourth-order valence-electron chi connectivity index (χ4n) is 2.46. The summed E-state index contributed by atoms with van der Waals surface area (Å²) >= 11 is 1.45. The van der Waals surface area contributed by atoms with Crippen LogP contribution in [0.3, 0.4) is 0 Å². The van der Waals surface area contributed by atoms with Crippen molar-refractivity contribution in [1.82, 2.24) is 10.8 Å². The Kier molecular flexibility index (Phi) is 4.59. The van der Waals surface area contributed by atoms with Crippen LogP contribution in [-0.4, -0.2) is 17.0 Å². The maximum atomic E-state index is 12.5. The highest BCUT2D eigenvalue weighted by Crippen LogP contribution is 2.26. The number of carbonyl (C=O) groups is 2. The van der Waals surface area contributed by atoms with Crippen LogP contribution in [0.4, 0.5) is 0 Å². The number of carbonyl (C=O) groups excluding carboxylic acids is 2. The molecule has 3 N–H and O–H groups in total. The van der Waals surface area contributed by atoms with Crippen molar-refractivity contribution in [2.45, 2.75) is 13.0 Å². The summed E-state index contributed by atoms with van der Waals surface area (Å²) in [6.07, 6.45) is 0. The van der Waals surface area contributed by atoms with Crippen molar-refractivity contribution in [3.05, 3.63) is 70.6 Å². The van der Waals surface area contributed by atoms with Crippen LogP contribution in [0.25, 0.3) is 10.1 Å². The highest BCUT2D eigenvalue weighted by Gasteiger charge is 2.15. The number of rotatable bonds is 4. The van der Waals surface area contributed by atoms with Crippen LogP contribution in [0.1, 0.15) is 38.6 Å². The molecule has 0 aliphatic carbocycles. The minimum Gasteiger partial charge on any atom is -0.345 e. The Morgan fingerprint density at radius 3 is 2.58 bits per heavy atom. The van der Waals surface area contributed by atoms with E-state index in [1.165, 1.54) is 11.3 Å². The van der Waals surface area contributed by atoms with Gasteiger partial charge in [-0.3, -0.25) is 14.8 Å². The SMILES string of the molecule is C[C@H](NC(=O)c1cc2ccccc2s1)c1cccc(C(=O)NO)c1. The third kappa shape index (κ3) is 3.29. The van der Waals surface area contributed by atoms with Gasteiger partial charge in [-0.05, 0) is 42.1 Å². The van der Waals surface area contributed by atoms with Crippen molar-refractivity contribution >= 4 is 33.2 Å². The Hall–Kier alpha value is -2.70. The van der Waals surface area contributed by atoms with Gasteiger partial charge in [-0.1, -0.05) is 30.3 Å². The van der Waals surface area contributed by atoms with Crippen molar-refractivity contribution < 1.29 is 14.8 Å². The molecule has 0 aliphatic heterocycles. The lowest BCUT2D eigenvalue weighted by molar-refractivity contribution is 0.0706. The second-order valence-electron chi connectivity index (χ2n) is 5.41. The average Bonchev–Trinajstić information content (AvgIpc) is 3.05. The van der Waals surface area contributed by atoms with Gasteiger partial charge in [0.2, 0.25) is 0 Å². The summed E-state index contributed by atoms with van der Waals surface area (Å²) in [7, 11) is 0. The van der Waals surface area contributed by atoms with E-state index in [1.807, 2.05) is 43.3 Å². The van der Waals surface area contributed by atoms with Gasteiger partial charge in [0, 0.05) is 10.3 Å². The van der Waals surface area contributed by atoms with E-state index in [2.05, 4.69) is 5.32 Å². The van der Waals surface area contributed by atoms with Crippen LogP contribution >= 0.6 is 11.3 Å². The van der Waals surface area contributed by atoms with Gasteiger partial charge in [0.1, 0.15) is 0 Å². The molecule has 2 amide bonds. The summed E-state index contributed by atoms with van der Waals surface area (Å²) in [4.78, 5) is 24.6. The molecule has 5 nitrogen and oxygen atoms in total. The quantitative estimate of drug-likeness (QED) is 0.502. The van der Waals surface area contributed by atoms with Gasteiger partial charge in [-0.15, -0.1) is 11.3 Å². The van der Waals surface area contributed by atoms with Gasteiger partial charge >= 0.3 is 0 Å².